The van der Waals surface area contributed by atoms with Gasteiger partial charge in [0.05, 0.1) is 4.92 Å². The average Bonchev–Trinajstić information content (AvgIpc) is 2.42. The molecule has 0 saturated heterocycles. The lowest BCUT2D eigenvalue weighted by atomic mass is 10.2. The van der Waals surface area contributed by atoms with Crippen LogP contribution in [0.5, 0.6) is 11.5 Å². The van der Waals surface area contributed by atoms with Gasteiger partial charge in [-0.05, 0) is 18.2 Å². The Balaban J connectivity index is 2.48. The van der Waals surface area contributed by atoms with Crippen molar-refractivity contribution < 1.29 is 14.1 Å². The molecule has 0 aliphatic rings. The number of nitrogens with zero attached hydrogens (tertiary/aromatic N) is 1. The van der Waals surface area contributed by atoms with E-state index in [1.165, 1.54) is 18.2 Å². The summed E-state index contributed by atoms with van der Waals surface area (Å²) < 4.78 is 19.8. The van der Waals surface area contributed by atoms with Crippen LogP contribution < -0.4 is 4.74 Å². The minimum absolute atomic E-state index is 0.00880. The normalized spacial score (nSPS) is 10.3. The zero-order valence-corrected chi connectivity index (χ0v) is 13.1. The van der Waals surface area contributed by atoms with E-state index in [9.17, 15) is 14.5 Å². The molecule has 104 valence electrons. The smallest absolute Gasteiger partial charge is 0.312 e. The molecule has 0 atom stereocenters. The van der Waals surface area contributed by atoms with Gasteiger partial charge in [-0.25, -0.2) is 4.39 Å². The largest absolute Gasteiger partial charge is 0.447 e. The lowest BCUT2D eigenvalue weighted by Gasteiger charge is -2.10. The van der Waals surface area contributed by atoms with Gasteiger partial charge in [0.2, 0.25) is 5.75 Å². The Morgan fingerprint density at radius 1 is 1.30 bits per heavy atom. The van der Waals surface area contributed by atoms with E-state index in [4.69, 9.17) is 4.74 Å². The number of hydrogen-bond acceptors (Lipinski definition) is 3. The van der Waals surface area contributed by atoms with E-state index in [1.54, 1.807) is 18.2 Å². The van der Waals surface area contributed by atoms with Crippen molar-refractivity contribution in [2.24, 2.45) is 0 Å². The molecule has 0 heterocycles. The second kappa shape index (κ2) is 6.32. The van der Waals surface area contributed by atoms with Gasteiger partial charge in [-0.2, -0.15) is 0 Å². The average molecular weight is 405 g/mol. The summed E-state index contributed by atoms with van der Waals surface area (Å²) in [4.78, 5) is 10.4. The van der Waals surface area contributed by atoms with Crippen molar-refractivity contribution >= 4 is 37.5 Å². The molecule has 0 amide bonds. The van der Waals surface area contributed by atoms with Crippen molar-refractivity contribution in [1.29, 1.82) is 0 Å². The fourth-order valence-corrected chi connectivity index (χ4v) is 2.39. The number of nitro groups is 1. The maximum atomic E-state index is 13.8. The van der Waals surface area contributed by atoms with Crippen molar-refractivity contribution in [2.75, 3.05) is 0 Å². The van der Waals surface area contributed by atoms with Gasteiger partial charge in [0.25, 0.3) is 0 Å². The van der Waals surface area contributed by atoms with Gasteiger partial charge in [-0.1, -0.05) is 44.0 Å². The molecule has 0 fully saturated rings. The van der Waals surface area contributed by atoms with Gasteiger partial charge in [-0.3, -0.25) is 10.1 Å². The van der Waals surface area contributed by atoms with Crippen molar-refractivity contribution in [1.82, 2.24) is 0 Å². The van der Waals surface area contributed by atoms with Crippen LogP contribution in [-0.2, 0) is 5.33 Å². The van der Waals surface area contributed by atoms with Gasteiger partial charge in [0.1, 0.15) is 0 Å². The van der Waals surface area contributed by atoms with Crippen LogP contribution >= 0.6 is 31.9 Å². The Bertz CT molecular complexity index is 664. The number of para-hydroxylation sites is 1. The fraction of sp³-hybridized carbons (Fsp3) is 0.0769. The third-order valence-corrected chi connectivity index (χ3v) is 3.62. The number of hydrogen-bond donors (Lipinski definition) is 0. The summed E-state index contributed by atoms with van der Waals surface area (Å²) in [5.41, 5.74) is 0.338. The van der Waals surface area contributed by atoms with Crippen LogP contribution in [0, 0.1) is 15.9 Å². The summed E-state index contributed by atoms with van der Waals surface area (Å²) >= 11 is 6.38. The molecule has 0 N–H and O–H groups in total. The van der Waals surface area contributed by atoms with Gasteiger partial charge in [0.15, 0.2) is 11.6 Å². The van der Waals surface area contributed by atoms with Crippen LogP contribution in [-0.4, -0.2) is 4.92 Å². The van der Waals surface area contributed by atoms with Gasteiger partial charge < -0.3 is 4.74 Å². The van der Waals surface area contributed by atoms with Crippen molar-refractivity contribution in [3.05, 3.63) is 62.4 Å². The molecule has 2 aromatic carbocycles. The van der Waals surface area contributed by atoms with Crippen LogP contribution in [0.2, 0.25) is 0 Å². The molecule has 0 aliphatic heterocycles. The highest BCUT2D eigenvalue weighted by molar-refractivity contribution is 9.10. The van der Waals surface area contributed by atoms with E-state index in [0.717, 1.165) is 0 Å². The van der Waals surface area contributed by atoms with E-state index in [-0.39, 0.29) is 17.2 Å². The first kappa shape index (κ1) is 14.9. The predicted octanol–water partition coefficient (Wildman–Crippen LogP) is 5.18. The third-order valence-electron chi connectivity index (χ3n) is 2.52. The third kappa shape index (κ3) is 3.16. The highest BCUT2D eigenvalue weighted by Crippen LogP contribution is 2.36. The lowest BCUT2D eigenvalue weighted by Crippen LogP contribution is -1.97. The first-order valence-electron chi connectivity index (χ1n) is 5.48. The molecule has 0 bridgehead atoms. The molecule has 0 spiro atoms. The Morgan fingerprint density at radius 3 is 2.70 bits per heavy atom. The Hall–Kier alpha value is -1.47. The van der Waals surface area contributed by atoms with E-state index < -0.39 is 10.7 Å². The second-order valence-electron chi connectivity index (χ2n) is 3.83. The fourth-order valence-electron chi connectivity index (χ4n) is 1.60. The molecule has 0 radical (unpaired) electrons. The molecule has 20 heavy (non-hydrogen) atoms. The van der Waals surface area contributed by atoms with Crippen LogP contribution in [0.4, 0.5) is 10.1 Å². The molecule has 7 heteroatoms. The zero-order chi connectivity index (χ0) is 14.7. The zero-order valence-electron chi connectivity index (χ0n) is 9.98. The summed E-state index contributed by atoms with van der Waals surface area (Å²) in [6.45, 7) is 0. The minimum Gasteiger partial charge on any atom is -0.447 e. The van der Waals surface area contributed by atoms with Crippen LogP contribution in [0.15, 0.2) is 40.9 Å². The van der Waals surface area contributed by atoms with Crippen molar-refractivity contribution in [2.45, 2.75) is 5.33 Å². The molecule has 0 aliphatic carbocycles. The van der Waals surface area contributed by atoms with Gasteiger partial charge in [-0.15, -0.1) is 0 Å². The number of rotatable bonds is 4. The Kier molecular flexibility index (Phi) is 4.72. The van der Waals surface area contributed by atoms with E-state index in [0.29, 0.717) is 15.4 Å². The Labute approximate surface area is 131 Å². The van der Waals surface area contributed by atoms with Crippen LogP contribution in [0.1, 0.15) is 5.56 Å². The minimum atomic E-state index is -0.575. The summed E-state index contributed by atoms with van der Waals surface area (Å²) in [5, 5.41) is 11.4. The van der Waals surface area contributed by atoms with Crippen LogP contribution in [0.3, 0.4) is 0 Å². The molecule has 0 saturated carbocycles. The maximum absolute atomic E-state index is 13.8. The number of alkyl halides is 1. The SMILES string of the molecule is O=[N+]([O-])c1cc(Br)ccc1Oc1c(F)cccc1CBr. The molecule has 2 aromatic rings. The number of nitro benzene ring substituents is 1. The molecular weight excluding hydrogens is 397 g/mol. The summed E-state index contributed by atoms with van der Waals surface area (Å²) in [6, 6.07) is 8.80. The van der Waals surface area contributed by atoms with Crippen molar-refractivity contribution in [3.8, 4) is 11.5 Å². The van der Waals surface area contributed by atoms with Crippen molar-refractivity contribution in [3.63, 3.8) is 0 Å². The van der Waals surface area contributed by atoms with Gasteiger partial charge >= 0.3 is 5.69 Å². The topological polar surface area (TPSA) is 52.4 Å². The first-order valence-corrected chi connectivity index (χ1v) is 7.39. The quantitative estimate of drug-likeness (QED) is 0.400. The maximum Gasteiger partial charge on any atom is 0.312 e. The number of ether oxygens (including phenoxy) is 1. The van der Waals surface area contributed by atoms with Gasteiger partial charge in [0, 0.05) is 21.4 Å². The van der Waals surface area contributed by atoms with E-state index in [1.807, 2.05) is 0 Å². The Morgan fingerprint density at radius 2 is 2.05 bits per heavy atom. The molecule has 4 nitrogen and oxygen atoms in total. The molecule has 2 rings (SSSR count). The highest BCUT2D eigenvalue weighted by Gasteiger charge is 2.19. The van der Waals surface area contributed by atoms with E-state index >= 15 is 0 Å². The number of halogens is 3. The lowest BCUT2D eigenvalue weighted by molar-refractivity contribution is -0.385. The summed E-state index contributed by atoms with van der Waals surface area (Å²) in [5.74, 6) is -0.598. The van der Waals surface area contributed by atoms with E-state index in [2.05, 4.69) is 31.9 Å². The summed E-state index contributed by atoms with van der Waals surface area (Å²) in [7, 11) is 0. The monoisotopic (exact) mass is 403 g/mol. The highest BCUT2D eigenvalue weighted by atomic mass is 79.9. The second-order valence-corrected chi connectivity index (χ2v) is 5.31. The standard InChI is InChI=1S/C13H8Br2FNO3/c14-7-8-2-1-3-10(16)13(8)20-12-5-4-9(15)6-11(12)17(18)19/h1-6H,7H2. The first-order chi connectivity index (χ1) is 9.52. The predicted molar refractivity (Wildman–Crippen MR) is 79.9 cm³/mol. The summed E-state index contributed by atoms with van der Waals surface area (Å²) in [6.07, 6.45) is 0. The molecular formula is C13H8Br2FNO3. The van der Waals surface area contributed by atoms with Crippen LogP contribution in [0.25, 0.3) is 0 Å². The number of benzene rings is 2. The molecule has 0 unspecified atom stereocenters. The molecule has 0 aromatic heterocycles.